The zero-order valence-electron chi connectivity index (χ0n) is 15.2. The third kappa shape index (κ3) is 4.48. The molecule has 1 fully saturated rings. The normalized spacial score (nSPS) is 14.6. The first kappa shape index (κ1) is 19.8. The van der Waals surface area contributed by atoms with Crippen LogP contribution in [0.15, 0.2) is 59.5 Å². The number of carbonyl (C=O) groups excluding carboxylic acids is 1. The maximum atomic E-state index is 13.2. The molecule has 8 nitrogen and oxygen atoms in total. The molecule has 1 aliphatic rings. The molecule has 1 aliphatic carbocycles. The Morgan fingerprint density at radius 1 is 1.11 bits per heavy atom. The largest absolute Gasteiger partial charge is 0.352 e. The number of carbonyl (C=O) groups is 1. The zero-order valence-corrected chi connectivity index (χ0v) is 16.0. The summed E-state index contributed by atoms with van der Waals surface area (Å²) in [5.74, 6) is -0.432. The molecule has 9 heteroatoms. The molecule has 1 N–H and O–H groups in total. The molecule has 0 aliphatic heterocycles. The minimum atomic E-state index is -4.08. The van der Waals surface area contributed by atoms with Crippen molar-refractivity contribution in [3.63, 3.8) is 0 Å². The average molecular weight is 403 g/mol. The van der Waals surface area contributed by atoms with Crippen LogP contribution in [0.3, 0.4) is 0 Å². The van der Waals surface area contributed by atoms with Crippen molar-refractivity contribution in [2.75, 3.05) is 10.8 Å². The number of benzene rings is 2. The maximum Gasteiger partial charge on any atom is 0.271 e. The second-order valence-electron chi connectivity index (χ2n) is 6.65. The Morgan fingerprint density at radius 3 is 2.43 bits per heavy atom. The molecule has 2 aromatic carbocycles. The highest BCUT2D eigenvalue weighted by Gasteiger charge is 2.29. The van der Waals surface area contributed by atoms with Gasteiger partial charge in [-0.3, -0.25) is 19.2 Å². The zero-order chi connectivity index (χ0) is 20.1. The highest BCUT2D eigenvalue weighted by Crippen LogP contribution is 2.27. The number of amides is 1. The third-order valence-electron chi connectivity index (χ3n) is 4.67. The highest BCUT2D eigenvalue weighted by atomic mass is 32.2. The molecule has 0 saturated heterocycles. The molecule has 0 bridgehead atoms. The van der Waals surface area contributed by atoms with Crippen LogP contribution in [0.25, 0.3) is 0 Å². The first-order valence-corrected chi connectivity index (χ1v) is 10.4. The number of anilines is 1. The SMILES string of the molecule is O=C(CN(c1cccc([N+](=O)[O-])c1)S(=O)(=O)c1ccccc1)NC1CCCC1. The van der Waals surface area contributed by atoms with Crippen molar-refractivity contribution in [1.29, 1.82) is 0 Å². The molecular weight excluding hydrogens is 382 g/mol. The van der Waals surface area contributed by atoms with Gasteiger partial charge in [0.15, 0.2) is 0 Å². The van der Waals surface area contributed by atoms with Gasteiger partial charge >= 0.3 is 0 Å². The summed E-state index contributed by atoms with van der Waals surface area (Å²) in [5, 5.41) is 14.0. The maximum absolute atomic E-state index is 13.2. The fourth-order valence-electron chi connectivity index (χ4n) is 3.27. The number of non-ortho nitro benzene ring substituents is 1. The van der Waals surface area contributed by atoms with Gasteiger partial charge in [0.1, 0.15) is 6.54 Å². The Balaban J connectivity index is 1.95. The van der Waals surface area contributed by atoms with Crippen molar-refractivity contribution >= 4 is 27.3 Å². The fourth-order valence-corrected chi connectivity index (χ4v) is 4.70. The van der Waals surface area contributed by atoms with E-state index in [1.807, 2.05) is 0 Å². The summed E-state index contributed by atoms with van der Waals surface area (Å²) in [5.41, 5.74) is -0.179. The summed E-state index contributed by atoms with van der Waals surface area (Å²) < 4.78 is 27.2. The van der Waals surface area contributed by atoms with E-state index in [1.54, 1.807) is 18.2 Å². The number of hydrogen-bond acceptors (Lipinski definition) is 5. The van der Waals surface area contributed by atoms with E-state index in [4.69, 9.17) is 0 Å². The lowest BCUT2D eigenvalue weighted by Crippen LogP contribution is -2.43. The van der Waals surface area contributed by atoms with Crippen LogP contribution in [0, 0.1) is 10.1 Å². The molecular formula is C19H21N3O5S. The number of nitro groups is 1. The van der Waals surface area contributed by atoms with E-state index in [0.29, 0.717) is 0 Å². The molecule has 1 saturated carbocycles. The number of nitro benzene ring substituents is 1. The molecule has 0 atom stereocenters. The van der Waals surface area contributed by atoms with Gasteiger partial charge in [-0.1, -0.05) is 37.1 Å². The van der Waals surface area contributed by atoms with Crippen molar-refractivity contribution in [1.82, 2.24) is 5.32 Å². The summed E-state index contributed by atoms with van der Waals surface area (Å²) in [6.45, 7) is -0.450. The lowest BCUT2D eigenvalue weighted by atomic mass is 10.2. The van der Waals surface area contributed by atoms with Crippen LogP contribution in [-0.2, 0) is 14.8 Å². The Bertz CT molecular complexity index is 957. The lowest BCUT2D eigenvalue weighted by molar-refractivity contribution is -0.384. The van der Waals surface area contributed by atoms with Gasteiger partial charge in [-0.05, 0) is 31.0 Å². The van der Waals surface area contributed by atoms with E-state index in [2.05, 4.69) is 5.32 Å². The first-order valence-electron chi connectivity index (χ1n) is 8.99. The molecule has 0 aromatic heterocycles. The quantitative estimate of drug-likeness (QED) is 0.565. The Labute approximate surface area is 163 Å². The van der Waals surface area contributed by atoms with Gasteiger partial charge in [0.2, 0.25) is 5.91 Å². The molecule has 0 spiro atoms. The summed E-state index contributed by atoms with van der Waals surface area (Å²) >= 11 is 0. The van der Waals surface area contributed by atoms with Crippen LogP contribution >= 0.6 is 0 Å². The second kappa shape index (κ2) is 8.39. The van der Waals surface area contributed by atoms with Gasteiger partial charge < -0.3 is 5.32 Å². The van der Waals surface area contributed by atoms with E-state index in [0.717, 1.165) is 36.1 Å². The summed E-state index contributed by atoms with van der Waals surface area (Å²) in [4.78, 5) is 23.0. The molecule has 148 valence electrons. The standard InChI is InChI=1S/C19H21N3O5S/c23-19(20-15-7-4-5-8-15)14-21(16-9-6-10-17(13-16)22(24)25)28(26,27)18-11-2-1-3-12-18/h1-3,6,9-13,15H,4-5,7-8,14H2,(H,20,23). The molecule has 3 rings (SSSR count). The van der Waals surface area contributed by atoms with Gasteiger partial charge in [-0.15, -0.1) is 0 Å². The van der Waals surface area contributed by atoms with Gasteiger partial charge in [-0.25, -0.2) is 8.42 Å². The fraction of sp³-hybridized carbons (Fsp3) is 0.316. The summed E-state index contributed by atoms with van der Waals surface area (Å²) in [7, 11) is -4.08. The van der Waals surface area contributed by atoms with E-state index in [-0.39, 0.29) is 22.3 Å². The second-order valence-corrected chi connectivity index (χ2v) is 8.51. The predicted molar refractivity (Wildman–Crippen MR) is 104 cm³/mol. The van der Waals surface area contributed by atoms with Crippen molar-refractivity contribution in [3.8, 4) is 0 Å². The topological polar surface area (TPSA) is 110 Å². The predicted octanol–water partition coefficient (Wildman–Crippen LogP) is 2.85. The lowest BCUT2D eigenvalue weighted by Gasteiger charge is -2.24. The van der Waals surface area contributed by atoms with Crippen LogP contribution in [0.2, 0.25) is 0 Å². The molecule has 0 heterocycles. The number of nitrogens with zero attached hydrogens (tertiary/aromatic N) is 2. The Kier molecular flexibility index (Phi) is 5.93. The van der Waals surface area contributed by atoms with Crippen LogP contribution in [0.1, 0.15) is 25.7 Å². The van der Waals surface area contributed by atoms with Crippen LogP contribution in [0.4, 0.5) is 11.4 Å². The molecule has 2 aromatic rings. The monoisotopic (exact) mass is 403 g/mol. The van der Waals surface area contributed by atoms with E-state index in [1.165, 1.54) is 30.3 Å². The van der Waals surface area contributed by atoms with Crippen LogP contribution in [-0.4, -0.2) is 31.8 Å². The first-order chi connectivity index (χ1) is 13.4. The van der Waals surface area contributed by atoms with E-state index < -0.39 is 27.4 Å². The molecule has 0 unspecified atom stereocenters. The van der Waals surface area contributed by atoms with Crippen LogP contribution in [0.5, 0.6) is 0 Å². The smallest absolute Gasteiger partial charge is 0.271 e. The Morgan fingerprint density at radius 2 is 1.79 bits per heavy atom. The van der Waals surface area contributed by atoms with Crippen molar-refractivity contribution in [2.45, 2.75) is 36.6 Å². The summed E-state index contributed by atoms with van der Waals surface area (Å²) in [6.07, 6.45) is 3.80. The number of nitrogens with one attached hydrogen (secondary N) is 1. The van der Waals surface area contributed by atoms with E-state index >= 15 is 0 Å². The van der Waals surface area contributed by atoms with Gasteiger partial charge in [0.25, 0.3) is 15.7 Å². The Hall–Kier alpha value is -2.94. The summed E-state index contributed by atoms with van der Waals surface area (Å²) in [6, 6.07) is 13.0. The van der Waals surface area contributed by atoms with Crippen molar-refractivity contribution < 1.29 is 18.1 Å². The molecule has 1 amide bonds. The number of hydrogen-bond donors (Lipinski definition) is 1. The number of sulfonamides is 1. The van der Waals surface area contributed by atoms with E-state index in [9.17, 15) is 23.3 Å². The minimum absolute atomic E-state index is 0.00942. The average Bonchev–Trinajstić information content (AvgIpc) is 3.19. The van der Waals surface area contributed by atoms with Gasteiger partial charge in [0.05, 0.1) is 15.5 Å². The van der Waals surface area contributed by atoms with Crippen LogP contribution < -0.4 is 9.62 Å². The third-order valence-corrected chi connectivity index (χ3v) is 6.46. The highest BCUT2D eigenvalue weighted by molar-refractivity contribution is 7.92. The van der Waals surface area contributed by atoms with Crippen molar-refractivity contribution in [3.05, 3.63) is 64.7 Å². The van der Waals surface area contributed by atoms with Crippen molar-refractivity contribution in [2.24, 2.45) is 0 Å². The molecule has 28 heavy (non-hydrogen) atoms. The minimum Gasteiger partial charge on any atom is -0.352 e. The number of rotatable bonds is 7. The van der Waals surface area contributed by atoms with Gasteiger partial charge in [-0.2, -0.15) is 0 Å². The molecule has 0 radical (unpaired) electrons. The van der Waals surface area contributed by atoms with Gasteiger partial charge in [0, 0.05) is 18.2 Å².